The van der Waals surface area contributed by atoms with Gasteiger partial charge in [0.1, 0.15) is 0 Å². The number of hydrogen-bond donors (Lipinski definition) is 4. The number of carbonyl (C=O) groups excluding carboxylic acids is 1. The molecule has 0 aliphatic heterocycles. The van der Waals surface area contributed by atoms with Gasteiger partial charge in [-0.25, -0.2) is 5.48 Å². The van der Waals surface area contributed by atoms with Crippen molar-refractivity contribution in [1.29, 1.82) is 0 Å². The molecule has 6 heteroatoms. The van der Waals surface area contributed by atoms with Gasteiger partial charge in [-0.2, -0.15) is 0 Å². The van der Waals surface area contributed by atoms with Crippen molar-refractivity contribution in [2.24, 2.45) is 0 Å². The number of hydroxylamine groups is 1. The number of halogens is 1. The summed E-state index contributed by atoms with van der Waals surface area (Å²) in [6.07, 6.45) is 8.10. The molecular weight excluding hydrogens is 374 g/mol. The molecule has 0 saturated heterocycles. The van der Waals surface area contributed by atoms with Gasteiger partial charge in [-0.1, -0.05) is 29.8 Å². The van der Waals surface area contributed by atoms with Gasteiger partial charge in [-0.05, 0) is 72.3 Å². The molecule has 1 heterocycles. The fourth-order valence-corrected chi connectivity index (χ4v) is 4.07. The molecule has 4 N–H and O–H groups in total. The lowest BCUT2D eigenvalue weighted by molar-refractivity contribution is -0.124. The molecule has 1 aromatic heterocycles. The number of amides is 1. The summed E-state index contributed by atoms with van der Waals surface area (Å²) < 4.78 is 0. The van der Waals surface area contributed by atoms with Crippen LogP contribution in [0.25, 0.3) is 17.0 Å². The highest BCUT2D eigenvalue weighted by Gasteiger charge is 2.21. The Morgan fingerprint density at radius 1 is 1.29 bits per heavy atom. The van der Waals surface area contributed by atoms with E-state index >= 15 is 0 Å². The summed E-state index contributed by atoms with van der Waals surface area (Å²) >= 11 is 6.13. The number of aromatic amines is 1. The number of H-pyrrole nitrogens is 1. The summed E-state index contributed by atoms with van der Waals surface area (Å²) in [7, 11) is 0. The first-order valence-electron chi connectivity index (χ1n) is 9.38. The quantitative estimate of drug-likeness (QED) is 0.287. The largest absolute Gasteiger partial charge is 0.361 e. The van der Waals surface area contributed by atoms with Gasteiger partial charge in [-0.15, -0.1) is 0 Å². The predicted molar refractivity (Wildman–Crippen MR) is 111 cm³/mol. The van der Waals surface area contributed by atoms with Crippen molar-refractivity contribution >= 4 is 34.5 Å². The first kappa shape index (κ1) is 18.7. The van der Waals surface area contributed by atoms with Crippen molar-refractivity contribution in [2.75, 3.05) is 6.54 Å². The van der Waals surface area contributed by atoms with Crippen molar-refractivity contribution in [2.45, 2.75) is 25.3 Å². The maximum Gasteiger partial charge on any atom is 0.267 e. The van der Waals surface area contributed by atoms with Gasteiger partial charge in [0.25, 0.3) is 5.91 Å². The van der Waals surface area contributed by atoms with Crippen LogP contribution >= 0.6 is 11.6 Å². The van der Waals surface area contributed by atoms with Crippen LogP contribution in [0.4, 0.5) is 0 Å². The Balaban J connectivity index is 1.39. The van der Waals surface area contributed by atoms with E-state index in [2.05, 4.69) is 28.6 Å². The zero-order chi connectivity index (χ0) is 19.5. The van der Waals surface area contributed by atoms with Crippen LogP contribution in [-0.4, -0.2) is 22.6 Å². The molecular formula is C22H22ClN3O2. The van der Waals surface area contributed by atoms with Gasteiger partial charge in [0, 0.05) is 34.2 Å². The number of nitrogens with one attached hydrogen (secondary N) is 3. The topological polar surface area (TPSA) is 77.2 Å². The number of hydrogen-bond acceptors (Lipinski definition) is 3. The molecule has 0 spiro atoms. The lowest BCUT2D eigenvalue weighted by Crippen LogP contribution is -2.21. The second-order valence-corrected chi connectivity index (χ2v) is 7.50. The molecule has 1 atom stereocenters. The van der Waals surface area contributed by atoms with E-state index in [0.717, 1.165) is 41.9 Å². The summed E-state index contributed by atoms with van der Waals surface area (Å²) in [6.45, 7) is 0.891. The van der Waals surface area contributed by atoms with Crippen LogP contribution in [0.5, 0.6) is 0 Å². The van der Waals surface area contributed by atoms with E-state index < -0.39 is 5.91 Å². The third-order valence-corrected chi connectivity index (χ3v) is 5.53. The van der Waals surface area contributed by atoms with Gasteiger partial charge in [0.15, 0.2) is 0 Å². The SMILES string of the molecule is O=C(C=Cc1ccc2c(c1)CC[C@@H]2NCCc1c[nH]c2ccc(Cl)cc12)NO. The minimum atomic E-state index is -0.529. The first-order valence-corrected chi connectivity index (χ1v) is 9.76. The summed E-state index contributed by atoms with van der Waals surface area (Å²) in [6, 6.07) is 12.5. The highest BCUT2D eigenvalue weighted by atomic mass is 35.5. The standard InChI is InChI=1S/C22H22ClN3O2/c23-17-4-7-21-19(12-17)16(13-25-21)9-10-24-20-6-3-15-11-14(1-5-18(15)20)2-8-22(27)26-28/h1-2,4-5,7-8,11-13,20,24-25,28H,3,6,9-10H2,(H,26,27)/t20-/m0/s1. The number of rotatable bonds is 6. The van der Waals surface area contributed by atoms with E-state index in [1.165, 1.54) is 28.2 Å². The Morgan fingerprint density at radius 2 is 2.18 bits per heavy atom. The maximum absolute atomic E-state index is 11.1. The van der Waals surface area contributed by atoms with Crippen molar-refractivity contribution in [3.63, 3.8) is 0 Å². The Morgan fingerprint density at radius 3 is 3.04 bits per heavy atom. The monoisotopic (exact) mass is 395 g/mol. The second-order valence-electron chi connectivity index (χ2n) is 7.07. The smallest absolute Gasteiger partial charge is 0.267 e. The summed E-state index contributed by atoms with van der Waals surface area (Å²) in [5.74, 6) is -0.529. The highest BCUT2D eigenvalue weighted by molar-refractivity contribution is 6.31. The molecule has 3 aromatic rings. The third-order valence-electron chi connectivity index (χ3n) is 5.30. The van der Waals surface area contributed by atoms with E-state index in [0.29, 0.717) is 6.04 Å². The number of fused-ring (bicyclic) bond motifs is 2. The van der Waals surface area contributed by atoms with Crippen LogP contribution in [0, 0.1) is 0 Å². The summed E-state index contributed by atoms with van der Waals surface area (Å²) in [4.78, 5) is 14.4. The third kappa shape index (κ3) is 3.97. The molecule has 144 valence electrons. The normalized spacial score (nSPS) is 16.0. The molecule has 0 radical (unpaired) electrons. The minimum absolute atomic E-state index is 0.350. The van der Waals surface area contributed by atoms with E-state index in [4.69, 9.17) is 16.8 Å². The molecule has 0 unspecified atom stereocenters. The van der Waals surface area contributed by atoms with E-state index in [9.17, 15) is 4.79 Å². The minimum Gasteiger partial charge on any atom is -0.361 e. The molecule has 1 amide bonds. The average Bonchev–Trinajstić information content (AvgIpc) is 3.30. The molecule has 4 rings (SSSR count). The van der Waals surface area contributed by atoms with Crippen LogP contribution in [0.1, 0.15) is 34.7 Å². The van der Waals surface area contributed by atoms with Gasteiger partial charge in [-0.3, -0.25) is 10.0 Å². The van der Waals surface area contributed by atoms with Crippen LogP contribution in [0.2, 0.25) is 5.02 Å². The van der Waals surface area contributed by atoms with Crippen LogP contribution in [0.15, 0.2) is 48.7 Å². The molecule has 0 bridgehead atoms. The van der Waals surface area contributed by atoms with Gasteiger partial charge >= 0.3 is 0 Å². The molecule has 1 aliphatic rings. The maximum atomic E-state index is 11.1. The Hall–Kier alpha value is -2.60. The number of aromatic nitrogens is 1. The fraction of sp³-hybridized carbons (Fsp3) is 0.227. The lowest BCUT2D eigenvalue weighted by Gasteiger charge is -2.14. The molecule has 0 saturated carbocycles. The van der Waals surface area contributed by atoms with Crippen LogP contribution in [-0.2, 0) is 17.6 Å². The Kier molecular flexibility index (Phi) is 5.48. The van der Waals surface area contributed by atoms with Crippen LogP contribution in [0.3, 0.4) is 0 Å². The zero-order valence-corrected chi connectivity index (χ0v) is 16.1. The molecule has 5 nitrogen and oxygen atoms in total. The van der Waals surface area contributed by atoms with E-state index in [1.807, 2.05) is 24.3 Å². The second kappa shape index (κ2) is 8.19. The Bertz CT molecular complexity index is 1040. The molecule has 0 fully saturated rings. The number of aryl methyl sites for hydroxylation is 1. The van der Waals surface area contributed by atoms with Crippen molar-refractivity contribution in [1.82, 2.24) is 15.8 Å². The van der Waals surface area contributed by atoms with Crippen molar-refractivity contribution in [3.05, 3.63) is 75.9 Å². The van der Waals surface area contributed by atoms with Gasteiger partial charge < -0.3 is 10.3 Å². The highest BCUT2D eigenvalue weighted by Crippen LogP contribution is 2.32. The zero-order valence-electron chi connectivity index (χ0n) is 15.3. The summed E-state index contributed by atoms with van der Waals surface area (Å²) in [5, 5.41) is 14.2. The van der Waals surface area contributed by atoms with E-state index in [1.54, 1.807) is 11.6 Å². The molecule has 1 aliphatic carbocycles. The first-order chi connectivity index (χ1) is 13.6. The van der Waals surface area contributed by atoms with E-state index in [-0.39, 0.29) is 0 Å². The molecule has 28 heavy (non-hydrogen) atoms. The van der Waals surface area contributed by atoms with Crippen LogP contribution < -0.4 is 10.8 Å². The fourth-order valence-electron chi connectivity index (χ4n) is 3.90. The predicted octanol–water partition coefficient (Wildman–Crippen LogP) is 4.16. The lowest BCUT2D eigenvalue weighted by atomic mass is 10.0. The van der Waals surface area contributed by atoms with Crippen molar-refractivity contribution in [3.8, 4) is 0 Å². The van der Waals surface area contributed by atoms with Gasteiger partial charge in [0.05, 0.1) is 0 Å². The Labute approximate surface area is 168 Å². The average molecular weight is 396 g/mol. The number of benzene rings is 2. The number of carbonyl (C=O) groups is 1. The molecule has 2 aromatic carbocycles. The summed E-state index contributed by atoms with van der Waals surface area (Å²) in [5.41, 5.74) is 7.57. The van der Waals surface area contributed by atoms with Crippen molar-refractivity contribution < 1.29 is 10.0 Å². The van der Waals surface area contributed by atoms with Gasteiger partial charge in [0.2, 0.25) is 0 Å².